The zero-order valence-corrected chi connectivity index (χ0v) is 14.9. The Morgan fingerprint density at radius 3 is 2.40 bits per heavy atom. The van der Waals surface area contributed by atoms with E-state index >= 15 is 0 Å². The summed E-state index contributed by atoms with van der Waals surface area (Å²) in [6.45, 7) is 4.16. The van der Waals surface area contributed by atoms with Gasteiger partial charge in [-0.2, -0.15) is 0 Å². The molecule has 2 aromatic carbocycles. The van der Waals surface area contributed by atoms with Crippen LogP contribution in [0.25, 0.3) is 0 Å². The third-order valence-corrected chi connectivity index (χ3v) is 3.91. The van der Waals surface area contributed by atoms with Crippen molar-refractivity contribution >= 4 is 5.97 Å². The molecule has 0 unspecified atom stereocenters. The van der Waals surface area contributed by atoms with Gasteiger partial charge in [-0.15, -0.1) is 0 Å². The van der Waals surface area contributed by atoms with Crippen molar-refractivity contribution in [2.24, 2.45) is 0 Å². The van der Waals surface area contributed by atoms with E-state index in [0.29, 0.717) is 5.75 Å². The average Bonchev–Trinajstić information content (AvgIpc) is 2.62. The van der Waals surface area contributed by atoms with Crippen LogP contribution in [-0.2, 0) is 11.2 Å². The fourth-order valence-electron chi connectivity index (χ4n) is 2.53. The van der Waals surface area contributed by atoms with Crippen molar-refractivity contribution in [2.75, 3.05) is 6.61 Å². The van der Waals surface area contributed by atoms with Gasteiger partial charge in [0.1, 0.15) is 5.75 Å². The van der Waals surface area contributed by atoms with E-state index < -0.39 is 11.8 Å². The number of hydrogen-bond donors (Lipinski definition) is 0. The maximum Gasteiger partial charge on any atom is 0.338 e. The zero-order chi connectivity index (χ0) is 18.1. The van der Waals surface area contributed by atoms with Gasteiger partial charge in [-0.25, -0.2) is 9.18 Å². The number of halogens is 1. The summed E-state index contributed by atoms with van der Waals surface area (Å²) in [6.07, 6.45) is 5.96. The van der Waals surface area contributed by atoms with Crippen LogP contribution in [0.4, 0.5) is 4.39 Å². The molecule has 0 N–H and O–H groups in total. The molecular weight excluding hydrogens is 319 g/mol. The molecule has 3 nitrogen and oxygen atoms in total. The summed E-state index contributed by atoms with van der Waals surface area (Å²) in [5, 5.41) is 0. The molecule has 4 heteroatoms. The largest absolute Gasteiger partial charge is 0.462 e. The van der Waals surface area contributed by atoms with Crippen LogP contribution in [0.1, 0.15) is 55.5 Å². The Kier molecular flexibility index (Phi) is 7.45. The predicted octanol–water partition coefficient (Wildman–Crippen LogP) is 5.92. The Balaban J connectivity index is 1.96. The molecule has 0 atom stereocenters. The van der Waals surface area contributed by atoms with Gasteiger partial charge in [-0.3, -0.25) is 0 Å². The first kappa shape index (κ1) is 19.0. The smallest absolute Gasteiger partial charge is 0.338 e. The van der Waals surface area contributed by atoms with Crippen molar-refractivity contribution in [3.63, 3.8) is 0 Å². The fourth-order valence-corrected chi connectivity index (χ4v) is 2.53. The summed E-state index contributed by atoms with van der Waals surface area (Å²) >= 11 is 0. The lowest BCUT2D eigenvalue weighted by Gasteiger charge is -2.09. The number of benzene rings is 2. The Morgan fingerprint density at radius 1 is 1.00 bits per heavy atom. The van der Waals surface area contributed by atoms with Gasteiger partial charge < -0.3 is 9.47 Å². The summed E-state index contributed by atoms with van der Waals surface area (Å²) in [5.74, 6) is -0.474. The summed E-state index contributed by atoms with van der Waals surface area (Å²) in [7, 11) is 0. The predicted molar refractivity (Wildman–Crippen MR) is 96.7 cm³/mol. The topological polar surface area (TPSA) is 35.5 Å². The van der Waals surface area contributed by atoms with E-state index in [0.717, 1.165) is 12.5 Å². The minimum atomic E-state index is -0.589. The number of esters is 1. The van der Waals surface area contributed by atoms with Crippen LogP contribution in [0.3, 0.4) is 0 Å². The summed E-state index contributed by atoms with van der Waals surface area (Å²) < 4.78 is 24.6. The molecule has 0 aliphatic heterocycles. The summed E-state index contributed by atoms with van der Waals surface area (Å²) in [5.41, 5.74) is 1.43. The van der Waals surface area contributed by atoms with Crippen LogP contribution in [0.15, 0.2) is 42.5 Å². The lowest BCUT2D eigenvalue weighted by Crippen LogP contribution is -2.05. The first-order chi connectivity index (χ1) is 12.1. The SMILES string of the molecule is CCCCCCc1ccc(Oc2ccc(C(=O)OCC)cc2F)cc1. The highest BCUT2D eigenvalue weighted by Crippen LogP contribution is 2.26. The van der Waals surface area contributed by atoms with Crippen molar-refractivity contribution in [3.05, 3.63) is 59.4 Å². The van der Waals surface area contributed by atoms with Crippen molar-refractivity contribution in [1.29, 1.82) is 0 Å². The van der Waals surface area contributed by atoms with E-state index in [1.165, 1.54) is 43.4 Å². The third-order valence-electron chi connectivity index (χ3n) is 3.91. The van der Waals surface area contributed by atoms with Crippen molar-refractivity contribution in [2.45, 2.75) is 46.0 Å². The second-order valence-electron chi connectivity index (χ2n) is 5.92. The molecule has 0 amide bonds. The lowest BCUT2D eigenvalue weighted by molar-refractivity contribution is 0.0525. The van der Waals surface area contributed by atoms with Gasteiger partial charge >= 0.3 is 5.97 Å². The number of unbranched alkanes of at least 4 members (excludes halogenated alkanes) is 3. The molecule has 0 heterocycles. The highest BCUT2D eigenvalue weighted by atomic mass is 19.1. The molecule has 25 heavy (non-hydrogen) atoms. The van der Waals surface area contributed by atoms with Crippen molar-refractivity contribution in [1.82, 2.24) is 0 Å². The van der Waals surface area contributed by atoms with Gasteiger partial charge in [0.25, 0.3) is 0 Å². The van der Waals surface area contributed by atoms with Crippen LogP contribution in [0.2, 0.25) is 0 Å². The Labute approximate surface area is 148 Å². The Morgan fingerprint density at radius 2 is 1.76 bits per heavy atom. The molecule has 0 radical (unpaired) electrons. The minimum Gasteiger partial charge on any atom is -0.462 e. The Bertz CT molecular complexity index is 680. The number of carbonyl (C=O) groups is 1. The molecule has 0 bridgehead atoms. The third kappa shape index (κ3) is 5.89. The summed E-state index contributed by atoms with van der Waals surface area (Å²) in [6, 6.07) is 11.8. The second-order valence-corrected chi connectivity index (χ2v) is 5.92. The van der Waals surface area contributed by atoms with Crippen LogP contribution in [0, 0.1) is 5.82 Å². The molecular formula is C21H25FO3. The first-order valence-corrected chi connectivity index (χ1v) is 8.87. The van der Waals surface area contributed by atoms with E-state index in [2.05, 4.69) is 6.92 Å². The Hall–Kier alpha value is -2.36. The van der Waals surface area contributed by atoms with Crippen LogP contribution in [0.5, 0.6) is 11.5 Å². The van der Waals surface area contributed by atoms with Gasteiger partial charge in [0.05, 0.1) is 12.2 Å². The zero-order valence-electron chi connectivity index (χ0n) is 14.9. The van der Waals surface area contributed by atoms with E-state index in [-0.39, 0.29) is 17.9 Å². The molecule has 2 aromatic rings. The first-order valence-electron chi connectivity index (χ1n) is 8.87. The molecule has 0 saturated heterocycles. The van der Waals surface area contributed by atoms with Gasteiger partial charge in [-0.1, -0.05) is 38.3 Å². The summed E-state index contributed by atoms with van der Waals surface area (Å²) in [4.78, 5) is 11.6. The maximum absolute atomic E-state index is 14.1. The minimum absolute atomic E-state index is 0.0868. The number of aryl methyl sites for hydroxylation is 1. The molecule has 0 fully saturated rings. The average molecular weight is 344 g/mol. The van der Waals surface area contributed by atoms with Gasteiger partial charge in [0.15, 0.2) is 11.6 Å². The number of rotatable bonds is 9. The lowest BCUT2D eigenvalue weighted by atomic mass is 10.1. The molecule has 0 aliphatic rings. The second kappa shape index (κ2) is 9.82. The molecule has 2 rings (SSSR count). The standard InChI is InChI=1S/C21H25FO3/c1-3-5-6-7-8-16-9-12-18(13-10-16)25-20-14-11-17(15-19(20)22)21(23)24-4-2/h9-15H,3-8H2,1-2H3. The van der Waals surface area contributed by atoms with E-state index in [1.54, 1.807) is 6.92 Å². The monoisotopic (exact) mass is 344 g/mol. The highest BCUT2D eigenvalue weighted by Gasteiger charge is 2.12. The van der Waals surface area contributed by atoms with Gasteiger partial charge in [0.2, 0.25) is 0 Å². The van der Waals surface area contributed by atoms with Crippen LogP contribution in [-0.4, -0.2) is 12.6 Å². The van der Waals surface area contributed by atoms with E-state index in [9.17, 15) is 9.18 Å². The van der Waals surface area contributed by atoms with Gasteiger partial charge in [-0.05, 0) is 55.7 Å². The normalized spacial score (nSPS) is 10.5. The van der Waals surface area contributed by atoms with Crippen molar-refractivity contribution in [3.8, 4) is 11.5 Å². The van der Waals surface area contributed by atoms with Crippen molar-refractivity contribution < 1.29 is 18.7 Å². The molecule has 0 saturated carbocycles. The fraction of sp³-hybridized carbons (Fsp3) is 0.381. The molecule has 0 aliphatic carbocycles. The van der Waals surface area contributed by atoms with E-state index in [4.69, 9.17) is 9.47 Å². The molecule has 0 aromatic heterocycles. The molecule has 0 spiro atoms. The quantitative estimate of drug-likeness (QED) is 0.418. The number of ether oxygens (including phenoxy) is 2. The highest BCUT2D eigenvalue weighted by molar-refractivity contribution is 5.89. The number of carbonyl (C=O) groups excluding carboxylic acids is 1. The van der Waals surface area contributed by atoms with Crippen LogP contribution >= 0.6 is 0 Å². The molecule has 134 valence electrons. The van der Waals surface area contributed by atoms with Gasteiger partial charge in [0, 0.05) is 0 Å². The maximum atomic E-state index is 14.1. The number of hydrogen-bond acceptors (Lipinski definition) is 3. The van der Waals surface area contributed by atoms with E-state index in [1.807, 2.05) is 24.3 Å². The van der Waals surface area contributed by atoms with Crippen LogP contribution < -0.4 is 4.74 Å².